The molecule has 0 saturated heterocycles. The van der Waals surface area contributed by atoms with Gasteiger partial charge in [-0.2, -0.15) is 0 Å². The van der Waals surface area contributed by atoms with E-state index in [2.05, 4.69) is 20.8 Å². The van der Waals surface area contributed by atoms with Crippen molar-refractivity contribution in [2.45, 2.75) is 40.0 Å². The Morgan fingerprint density at radius 2 is 1.53 bits per heavy atom. The lowest BCUT2D eigenvalue weighted by Gasteiger charge is -2.21. The zero-order valence-corrected chi connectivity index (χ0v) is 12.4. The topological polar surface area (TPSA) is 44.5 Å². The maximum absolute atomic E-state index is 5.71. The average Bonchev–Trinajstić information content (AvgIpc) is 2.42. The van der Waals surface area contributed by atoms with Crippen LogP contribution in [0.5, 0.6) is 11.5 Å². The Bertz CT molecular complexity index is 346. The molecule has 0 heterocycles. The minimum Gasteiger partial charge on any atom is -0.494 e. The quantitative estimate of drug-likeness (QED) is 0.694. The highest BCUT2D eigenvalue weighted by Gasteiger charge is 2.14. The van der Waals surface area contributed by atoms with Crippen molar-refractivity contribution >= 4 is 0 Å². The maximum Gasteiger partial charge on any atom is 0.119 e. The number of benzene rings is 1. The highest BCUT2D eigenvalue weighted by Crippen LogP contribution is 2.21. The van der Waals surface area contributed by atoms with Crippen LogP contribution in [0.1, 0.15) is 40.0 Å². The lowest BCUT2D eigenvalue weighted by molar-refractivity contribution is 0.260. The Balaban J connectivity index is 2.26. The van der Waals surface area contributed by atoms with Crippen LogP contribution in [0, 0.1) is 5.41 Å². The normalized spacial score (nSPS) is 11.4. The summed E-state index contributed by atoms with van der Waals surface area (Å²) in [6.45, 7) is 8.68. The first kappa shape index (κ1) is 15.8. The summed E-state index contributed by atoms with van der Waals surface area (Å²) in [5.74, 6) is 1.80. The lowest BCUT2D eigenvalue weighted by atomic mass is 9.88. The number of ether oxygens (including phenoxy) is 2. The molecule has 19 heavy (non-hydrogen) atoms. The van der Waals surface area contributed by atoms with Crippen LogP contribution in [0.15, 0.2) is 24.3 Å². The molecule has 0 amide bonds. The molecule has 1 aromatic carbocycles. The highest BCUT2D eigenvalue weighted by molar-refractivity contribution is 5.31. The van der Waals surface area contributed by atoms with Crippen molar-refractivity contribution in [1.82, 2.24) is 0 Å². The summed E-state index contributed by atoms with van der Waals surface area (Å²) < 4.78 is 11.2. The van der Waals surface area contributed by atoms with Gasteiger partial charge in [0, 0.05) is 0 Å². The summed E-state index contributed by atoms with van der Waals surface area (Å²) in [5.41, 5.74) is 5.91. The molecule has 0 unspecified atom stereocenters. The zero-order chi connectivity index (χ0) is 14.1. The van der Waals surface area contributed by atoms with Crippen molar-refractivity contribution in [1.29, 1.82) is 0 Å². The minimum absolute atomic E-state index is 0.210. The standard InChI is InChI=1S/C16H27NO2/c1-4-11-18-14-6-8-15(9-7-14)19-12-5-10-16(2,3)13-17/h6-9H,4-5,10-13,17H2,1-3H3. The van der Waals surface area contributed by atoms with Gasteiger partial charge < -0.3 is 15.2 Å². The van der Waals surface area contributed by atoms with Crippen LogP contribution in [0.4, 0.5) is 0 Å². The first-order valence-corrected chi connectivity index (χ1v) is 7.13. The van der Waals surface area contributed by atoms with Crippen LogP contribution in [-0.2, 0) is 0 Å². The second-order valence-electron chi connectivity index (χ2n) is 5.64. The SMILES string of the molecule is CCCOc1ccc(OCCCC(C)(C)CN)cc1. The summed E-state index contributed by atoms with van der Waals surface area (Å²) in [6, 6.07) is 7.82. The van der Waals surface area contributed by atoms with Crippen molar-refractivity contribution in [3.05, 3.63) is 24.3 Å². The Morgan fingerprint density at radius 3 is 2.00 bits per heavy atom. The van der Waals surface area contributed by atoms with Gasteiger partial charge in [-0.15, -0.1) is 0 Å². The molecule has 0 radical (unpaired) electrons. The van der Waals surface area contributed by atoms with Gasteiger partial charge >= 0.3 is 0 Å². The summed E-state index contributed by atoms with van der Waals surface area (Å²) in [6.07, 6.45) is 3.13. The molecule has 0 aliphatic rings. The van der Waals surface area contributed by atoms with E-state index in [4.69, 9.17) is 15.2 Å². The Labute approximate surface area is 117 Å². The molecule has 108 valence electrons. The smallest absolute Gasteiger partial charge is 0.119 e. The molecule has 2 N–H and O–H groups in total. The third kappa shape index (κ3) is 6.48. The van der Waals surface area contributed by atoms with Gasteiger partial charge in [0.25, 0.3) is 0 Å². The van der Waals surface area contributed by atoms with E-state index in [9.17, 15) is 0 Å². The second kappa shape index (κ2) is 8.05. The highest BCUT2D eigenvalue weighted by atomic mass is 16.5. The van der Waals surface area contributed by atoms with Gasteiger partial charge in [-0.05, 0) is 55.5 Å². The Hall–Kier alpha value is -1.22. The van der Waals surface area contributed by atoms with Gasteiger partial charge in [0.05, 0.1) is 13.2 Å². The van der Waals surface area contributed by atoms with E-state index in [0.717, 1.165) is 50.5 Å². The van der Waals surface area contributed by atoms with Crippen LogP contribution in [0.2, 0.25) is 0 Å². The van der Waals surface area contributed by atoms with Gasteiger partial charge in [0.1, 0.15) is 11.5 Å². The largest absolute Gasteiger partial charge is 0.494 e. The Kier molecular flexibility index (Phi) is 6.71. The van der Waals surface area contributed by atoms with E-state index in [1.165, 1.54) is 0 Å². The maximum atomic E-state index is 5.71. The molecule has 0 spiro atoms. The third-order valence-electron chi connectivity index (χ3n) is 3.12. The van der Waals surface area contributed by atoms with E-state index in [0.29, 0.717) is 0 Å². The van der Waals surface area contributed by atoms with Gasteiger partial charge in [-0.3, -0.25) is 0 Å². The van der Waals surface area contributed by atoms with Crippen molar-refractivity contribution in [3.8, 4) is 11.5 Å². The van der Waals surface area contributed by atoms with Crippen LogP contribution in [0.25, 0.3) is 0 Å². The predicted octanol–water partition coefficient (Wildman–Crippen LogP) is 3.62. The lowest BCUT2D eigenvalue weighted by Crippen LogP contribution is -2.23. The van der Waals surface area contributed by atoms with E-state index in [1.54, 1.807) is 0 Å². The van der Waals surface area contributed by atoms with Gasteiger partial charge in [0.15, 0.2) is 0 Å². The molecule has 0 aromatic heterocycles. The van der Waals surface area contributed by atoms with E-state index >= 15 is 0 Å². The average molecular weight is 265 g/mol. The van der Waals surface area contributed by atoms with Crippen LogP contribution >= 0.6 is 0 Å². The fraction of sp³-hybridized carbons (Fsp3) is 0.625. The van der Waals surface area contributed by atoms with Crippen molar-refractivity contribution < 1.29 is 9.47 Å². The van der Waals surface area contributed by atoms with Gasteiger partial charge in [-0.25, -0.2) is 0 Å². The first-order chi connectivity index (χ1) is 9.07. The first-order valence-electron chi connectivity index (χ1n) is 7.13. The number of hydrogen-bond donors (Lipinski definition) is 1. The summed E-state index contributed by atoms with van der Waals surface area (Å²) in [7, 11) is 0. The predicted molar refractivity (Wildman–Crippen MR) is 79.8 cm³/mol. The molecule has 0 saturated carbocycles. The van der Waals surface area contributed by atoms with Crippen molar-refractivity contribution in [2.75, 3.05) is 19.8 Å². The molecule has 0 atom stereocenters. The second-order valence-corrected chi connectivity index (χ2v) is 5.64. The fourth-order valence-electron chi connectivity index (χ4n) is 1.69. The number of nitrogens with two attached hydrogens (primary N) is 1. The monoisotopic (exact) mass is 265 g/mol. The van der Waals surface area contributed by atoms with E-state index < -0.39 is 0 Å². The van der Waals surface area contributed by atoms with Crippen molar-refractivity contribution in [2.24, 2.45) is 11.1 Å². The summed E-state index contributed by atoms with van der Waals surface area (Å²) >= 11 is 0. The molecule has 0 aliphatic heterocycles. The Morgan fingerprint density at radius 1 is 1.00 bits per heavy atom. The van der Waals surface area contributed by atoms with Crippen molar-refractivity contribution in [3.63, 3.8) is 0 Å². The molecule has 3 heteroatoms. The zero-order valence-electron chi connectivity index (χ0n) is 12.4. The molecule has 3 nitrogen and oxygen atoms in total. The van der Waals surface area contributed by atoms with E-state index in [1.807, 2.05) is 24.3 Å². The molecule has 0 fully saturated rings. The molecular weight excluding hydrogens is 238 g/mol. The molecule has 0 bridgehead atoms. The molecular formula is C16H27NO2. The minimum atomic E-state index is 0.210. The van der Waals surface area contributed by atoms with Gasteiger partial charge in [0.2, 0.25) is 0 Å². The molecule has 1 rings (SSSR count). The number of hydrogen-bond acceptors (Lipinski definition) is 3. The van der Waals surface area contributed by atoms with Crippen LogP contribution < -0.4 is 15.2 Å². The third-order valence-corrected chi connectivity index (χ3v) is 3.12. The van der Waals surface area contributed by atoms with Crippen LogP contribution in [0.3, 0.4) is 0 Å². The summed E-state index contributed by atoms with van der Waals surface area (Å²) in [4.78, 5) is 0. The van der Waals surface area contributed by atoms with Crippen LogP contribution in [-0.4, -0.2) is 19.8 Å². The number of rotatable bonds is 9. The molecule has 1 aromatic rings. The summed E-state index contributed by atoms with van der Waals surface area (Å²) in [5, 5.41) is 0. The fourth-order valence-corrected chi connectivity index (χ4v) is 1.69. The molecule has 0 aliphatic carbocycles. The van der Waals surface area contributed by atoms with Gasteiger partial charge in [-0.1, -0.05) is 20.8 Å². The van der Waals surface area contributed by atoms with E-state index in [-0.39, 0.29) is 5.41 Å².